The summed E-state index contributed by atoms with van der Waals surface area (Å²) in [5, 5.41) is 8.49. The first-order valence-electron chi connectivity index (χ1n) is 16.3. The lowest BCUT2D eigenvalue weighted by molar-refractivity contribution is 0.667. The molecule has 0 aliphatic rings. The van der Waals surface area contributed by atoms with Crippen molar-refractivity contribution in [2.75, 3.05) is 0 Å². The molecular formula is C44H24N2OS2. The Morgan fingerprint density at radius 1 is 0.449 bits per heavy atom. The molecular weight excluding hydrogens is 637 g/mol. The van der Waals surface area contributed by atoms with Gasteiger partial charge in [0, 0.05) is 56.9 Å². The molecule has 0 saturated carbocycles. The van der Waals surface area contributed by atoms with Crippen LogP contribution in [0.15, 0.2) is 150 Å². The number of rotatable bonds is 3. The third-order valence-electron chi connectivity index (χ3n) is 9.67. The van der Waals surface area contributed by atoms with Gasteiger partial charge in [0.05, 0.1) is 0 Å². The minimum Gasteiger partial charge on any atom is -0.452 e. The number of hydrogen-bond acceptors (Lipinski definition) is 5. The number of benzene rings is 7. The second kappa shape index (κ2) is 10.3. The number of fused-ring (bicyclic) bond motifs is 10. The Bertz CT molecular complexity index is 3130. The molecule has 7 aromatic carbocycles. The summed E-state index contributed by atoms with van der Waals surface area (Å²) in [5.41, 5.74) is 7.52. The average Bonchev–Trinajstić information content (AvgIpc) is 3.84. The van der Waals surface area contributed by atoms with Gasteiger partial charge >= 0.3 is 0 Å². The Morgan fingerprint density at radius 2 is 1.12 bits per heavy atom. The minimum atomic E-state index is 0.686. The predicted molar refractivity (Wildman–Crippen MR) is 209 cm³/mol. The van der Waals surface area contributed by atoms with Crippen LogP contribution in [0.5, 0.6) is 0 Å². The van der Waals surface area contributed by atoms with Gasteiger partial charge < -0.3 is 4.42 Å². The maximum absolute atomic E-state index is 6.49. The maximum Gasteiger partial charge on any atom is 0.180 e. The van der Waals surface area contributed by atoms with Gasteiger partial charge in [0.1, 0.15) is 16.8 Å². The molecule has 11 rings (SSSR count). The number of para-hydroxylation sites is 1. The van der Waals surface area contributed by atoms with Crippen LogP contribution >= 0.6 is 22.7 Å². The van der Waals surface area contributed by atoms with Gasteiger partial charge in [-0.1, -0.05) is 97.1 Å². The Balaban J connectivity index is 1.20. The highest BCUT2D eigenvalue weighted by Crippen LogP contribution is 2.45. The molecule has 0 spiro atoms. The van der Waals surface area contributed by atoms with Crippen LogP contribution in [0.2, 0.25) is 0 Å². The lowest BCUT2D eigenvalue weighted by Crippen LogP contribution is -1.95. The summed E-state index contributed by atoms with van der Waals surface area (Å²) in [5.74, 6) is 0.686. The van der Waals surface area contributed by atoms with Gasteiger partial charge in [-0.25, -0.2) is 9.97 Å². The monoisotopic (exact) mass is 660 g/mol. The van der Waals surface area contributed by atoms with E-state index >= 15 is 0 Å². The summed E-state index contributed by atoms with van der Waals surface area (Å²) >= 11 is 3.68. The van der Waals surface area contributed by atoms with Gasteiger partial charge in [-0.15, -0.1) is 22.7 Å². The smallest absolute Gasteiger partial charge is 0.180 e. The molecule has 49 heavy (non-hydrogen) atoms. The fourth-order valence-electron chi connectivity index (χ4n) is 7.36. The zero-order valence-corrected chi connectivity index (χ0v) is 27.6. The summed E-state index contributed by atoms with van der Waals surface area (Å²) in [6.45, 7) is 0. The Labute approximate surface area is 288 Å². The number of hydrogen-bond donors (Lipinski definition) is 0. The molecule has 5 heteroatoms. The molecule has 0 bridgehead atoms. The Morgan fingerprint density at radius 3 is 2.02 bits per heavy atom. The van der Waals surface area contributed by atoms with Crippen LogP contribution in [-0.2, 0) is 0 Å². The third-order valence-corrected chi connectivity index (χ3v) is 11.9. The third kappa shape index (κ3) is 4.13. The van der Waals surface area contributed by atoms with Crippen molar-refractivity contribution in [3.63, 3.8) is 0 Å². The number of thiophene rings is 2. The van der Waals surface area contributed by atoms with Crippen molar-refractivity contribution in [2.24, 2.45) is 0 Å². The summed E-state index contributed by atoms with van der Waals surface area (Å²) in [6.07, 6.45) is 0. The molecule has 11 aromatic rings. The van der Waals surface area contributed by atoms with E-state index in [1.54, 1.807) is 0 Å². The van der Waals surface area contributed by atoms with Gasteiger partial charge in [-0.3, -0.25) is 0 Å². The van der Waals surface area contributed by atoms with Crippen molar-refractivity contribution in [3.8, 4) is 33.8 Å². The highest BCUT2D eigenvalue weighted by Gasteiger charge is 2.21. The lowest BCUT2D eigenvalue weighted by Gasteiger charge is -2.11. The van der Waals surface area contributed by atoms with Crippen LogP contribution in [0.4, 0.5) is 0 Å². The predicted octanol–water partition coefficient (Wildman–Crippen LogP) is 13.3. The zero-order valence-electron chi connectivity index (χ0n) is 26.0. The van der Waals surface area contributed by atoms with E-state index in [-0.39, 0.29) is 0 Å². The first kappa shape index (κ1) is 27.1. The first-order chi connectivity index (χ1) is 24.2. The van der Waals surface area contributed by atoms with Crippen LogP contribution in [-0.4, -0.2) is 9.97 Å². The van der Waals surface area contributed by atoms with E-state index in [0.29, 0.717) is 11.4 Å². The van der Waals surface area contributed by atoms with Gasteiger partial charge in [-0.2, -0.15) is 0 Å². The summed E-state index contributed by atoms with van der Waals surface area (Å²) in [4.78, 5) is 10.6. The molecule has 4 aromatic heterocycles. The molecule has 0 amide bonds. The zero-order chi connectivity index (χ0) is 32.1. The normalized spacial score (nSPS) is 12.1. The van der Waals surface area contributed by atoms with Crippen molar-refractivity contribution in [1.82, 2.24) is 9.97 Å². The molecule has 0 fully saturated rings. The van der Waals surface area contributed by atoms with E-state index < -0.39 is 0 Å². The van der Waals surface area contributed by atoms with Crippen molar-refractivity contribution in [3.05, 3.63) is 146 Å². The van der Waals surface area contributed by atoms with Crippen LogP contribution in [0, 0.1) is 0 Å². The van der Waals surface area contributed by atoms with Crippen LogP contribution in [0.1, 0.15) is 0 Å². The molecule has 0 radical (unpaired) electrons. The summed E-state index contributed by atoms with van der Waals surface area (Å²) < 4.78 is 11.6. The van der Waals surface area contributed by atoms with E-state index in [4.69, 9.17) is 14.4 Å². The minimum absolute atomic E-state index is 0.686. The largest absolute Gasteiger partial charge is 0.452 e. The lowest BCUT2D eigenvalue weighted by atomic mass is 9.96. The number of nitrogens with zero attached hydrogens (tertiary/aromatic N) is 2. The molecule has 3 nitrogen and oxygen atoms in total. The van der Waals surface area contributed by atoms with Gasteiger partial charge in [-0.05, 0) is 70.4 Å². The molecule has 0 saturated heterocycles. The van der Waals surface area contributed by atoms with Gasteiger partial charge in [0.15, 0.2) is 11.4 Å². The maximum atomic E-state index is 6.49. The first-order valence-corrected chi connectivity index (χ1v) is 17.9. The van der Waals surface area contributed by atoms with Crippen LogP contribution in [0.25, 0.3) is 107 Å². The van der Waals surface area contributed by atoms with Crippen molar-refractivity contribution < 1.29 is 4.42 Å². The van der Waals surface area contributed by atoms with Crippen molar-refractivity contribution in [1.29, 1.82) is 0 Å². The fourth-order valence-corrected chi connectivity index (χ4v) is 9.67. The van der Waals surface area contributed by atoms with E-state index in [1.165, 1.54) is 56.9 Å². The highest BCUT2D eigenvalue weighted by molar-refractivity contribution is 7.26. The molecule has 0 N–H and O–H groups in total. The number of furan rings is 1. The quantitative estimate of drug-likeness (QED) is 0.189. The topological polar surface area (TPSA) is 38.9 Å². The molecule has 0 aliphatic carbocycles. The van der Waals surface area contributed by atoms with E-state index in [1.807, 2.05) is 40.9 Å². The van der Waals surface area contributed by atoms with E-state index in [0.717, 1.165) is 38.7 Å². The molecule has 0 aliphatic heterocycles. The van der Waals surface area contributed by atoms with Crippen LogP contribution < -0.4 is 0 Å². The summed E-state index contributed by atoms with van der Waals surface area (Å²) in [7, 11) is 0. The molecule has 0 unspecified atom stereocenters. The summed E-state index contributed by atoms with van der Waals surface area (Å²) in [6, 6.07) is 52.0. The Hall–Kier alpha value is -5.88. The average molecular weight is 661 g/mol. The molecule has 0 atom stereocenters. The number of aromatic nitrogens is 2. The highest BCUT2D eigenvalue weighted by atomic mass is 32.1. The second-order valence-electron chi connectivity index (χ2n) is 12.5. The van der Waals surface area contributed by atoms with Gasteiger partial charge in [0.2, 0.25) is 0 Å². The van der Waals surface area contributed by atoms with Crippen LogP contribution in [0.3, 0.4) is 0 Å². The fraction of sp³-hybridized carbons (Fsp3) is 0. The SMILES string of the molecule is c1ccc2cc(-c3nc(-c4cc(-c5ccc6c(c5)sc5ccccc56)c5c(c4)sc4ccccc45)nc4c3oc3ccccc34)ccc2c1. The molecule has 4 heterocycles. The van der Waals surface area contributed by atoms with Crippen molar-refractivity contribution in [2.45, 2.75) is 0 Å². The Kier molecular flexibility index (Phi) is 5.70. The van der Waals surface area contributed by atoms with E-state index in [9.17, 15) is 0 Å². The van der Waals surface area contributed by atoms with Gasteiger partial charge in [0.25, 0.3) is 0 Å². The standard InChI is InChI=1S/C44H24N2OS2/c1-2-10-26-21-28(18-17-25(26)9-1)41-43-42(32-12-3-6-14-35(32)47-43)46-44(45-41)29-22-34(40-33-13-5-8-16-37(33)49-39(40)24-29)27-19-20-31-30-11-4-7-15-36(30)48-38(31)23-27/h1-24H. The van der Waals surface area contributed by atoms with Crippen molar-refractivity contribution >= 4 is 95.9 Å². The molecule has 228 valence electrons. The second-order valence-corrected chi connectivity index (χ2v) is 14.7. The van der Waals surface area contributed by atoms with E-state index in [2.05, 4.69) is 127 Å².